The topological polar surface area (TPSA) is 46.2 Å². The van der Waals surface area contributed by atoms with E-state index in [4.69, 9.17) is 0 Å². The van der Waals surface area contributed by atoms with Crippen molar-refractivity contribution < 1.29 is 8.42 Å². The van der Waals surface area contributed by atoms with Gasteiger partial charge in [-0.05, 0) is 24.6 Å². The van der Waals surface area contributed by atoms with Gasteiger partial charge < -0.3 is 5.32 Å². The van der Waals surface area contributed by atoms with Crippen LogP contribution in [-0.4, -0.2) is 44.5 Å². The predicted octanol–water partition coefficient (Wildman–Crippen LogP) is 0.764. The average molecular weight is 237 g/mol. The van der Waals surface area contributed by atoms with E-state index >= 15 is 0 Å². The second-order valence-corrected chi connectivity index (χ2v) is 7.29. The summed E-state index contributed by atoms with van der Waals surface area (Å²) in [5.41, 5.74) is 0. The molecule has 0 bridgehead atoms. The third-order valence-corrected chi connectivity index (χ3v) is 5.13. The fraction of sp³-hybridized carbons (Fsp3) is 1.00. The molecule has 3 nitrogen and oxygen atoms in total. The lowest BCUT2D eigenvalue weighted by molar-refractivity contribution is 0.533. The normalized spacial score (nSPS) is 25.4. The van der Waals surface area contributed by atoms with E-state index in [0.29, 0.717) is 17.4 Å². The summed E-state index contributed by atoms with van der Waals surface area (Å²) in [4.78, 5) is 0. The Labute approximate surface area is 91.0 Å². The Kier molecular flexibility index (Phi) is 5.26. The second-order valence-electron chi connectivity index (χ2n) is 3.67. The number of hydrogen-bond donors (Lipinski definition) is 1. The average Bonchev–Trinajstić information content (AvgIpc) is 2.45. The molecule has 14 heavy (non-hydrogen) atoms. The molecule has 5 heteroatoms. The van der Waals surface area contributed by atoms with E-state index < -0.39 is 9.84 Å². The van der Waals surface area contributed by atoms with Gasteiger partial charge in [0.2, 0.25) is 0 Å². The first kappa shape index (κ1) is 12.3. The van der Waals surface area contributed by atoms with Crippen LogP contribution in [0.3, 0.4) is 0 Å². The van der Waals surface area contributed by atoms with Crippen molar-refractivity contribution in [3.05, 3.63) is 0 Å². The van der Waals surface area contributed by atoms with Gasteiger partial charge in [-0.25, -0.2) is 8.42 Å². The lowest BCUT2D eigenvalue weighted by Crippen LogP contribution is -2.25. The van der Waals surface area contributed by atoms with Crippen molar-refractivity contribution in [3.8, 4) is 0 Å². The molecule has 0 aliphatic carbocycles. The molecule has 1 N–H and O–H groups in total. The summed E-state index contributed by atoms with van der Waals surface area (Å²) in [6, 6.07) is 0. The molecular formula is C9H19NO2S2. The predicted molar refractivity (Wildman–Crippen MR) is 62.6 cm³/mol. The standard InChI is InChI=1S/C9H19NO2S2/c1-2-13-5-4-10-7-9-3-6-14(11,12)8-9/h9-10H,2-8H2,1H3. The molecule has 0 saturated carbocycles. The summed E-state index contributed by atoms with van der Waals surface area (Å²) in [5, 5.41) is 3.31. The van der Waals surface area contributed by atoms with Gasteiger partial charge in [-0.1, -0.05) is 6.92 Å². The lowest BCUT2D eigenvalue weighted by atomic mass is 10.1. The molecule has 1 aliphatic rings. The number of nitrogens with one attached hydrogen (secondary N) is 1. The van der Waals surface area contributed by atoms with E-state index in [0.717, 1.165) is 31.0 Å². The number of thioether (sulfide) groups is 1. The third kappa shape index (κ3) is 4.66. The maximum atomic E-state index is 11.1. The summed E-state index contributed by atoms with van der Waals surface area (Å²) in [6.45, 7) is 4.01. The summed E-state index contributed by atoms with van der Waals surface area (Å²) >= 11 is 1.91. The van der Waals surface area contributed by atoms with E-state index in [1.54, 1.807) is 0 Å². The van der Waals surface area contributed by atoms with Crippen LogP contribution in [0.4, 0.5) is 0 Å². The summed E-state index contributed by atoms with van der Waals surface area (Å²) in [7, 11) is -2.69. The Hall–Kier alpha value is 0.260. The minimum Gasteiger partial charge on any atom is -0.316 e. The summed E-state index contributed by atoms with van der Waals surface area (Å²) < 4.78 is 22.3. The van der Waals surface area contributed by atoms with Gasteiger partial charge in [0.1, 0.15) is 0 Å². The van der Waals surface area contributed by atoms with Crippen molar-refractivity contribution in [3.63, 3.8) is 0 Å². The van der Waals surface area contributed by atoms with E-state index in [9.17, 15) is 8.42 Å². The van der Waals surface area contributed by atoms with Crippen LogP contribution in [0, 0.1) is 5.92 Å². The van der Waals surface area contributed by atoms with Gasteiger partial charge in [-0.2, -0.15) is 11.8 Å². The molecule has 84 valence electrons. The number of rotatable bonds is 6. The van der Waals surface area contributed by atoms with Crippen LogP contribution in [0.1, 0.15) is 13.3 Å². The smallest absolute Gasteiger partial charge is 0.150 e. The summed E-state index contributed by atoms with van der Waals surface area (Å²) in [5.74, 6) is 3.41. The van der Waals surface area contributed by atoms with Gasteiger partial charge in [-0.3, -0.25) is 0 Å². The molecular weight excluding hydrogens is 218 g/mol. The molecule has 1 atom stereocenters. The fourth-order valence-electron chi connectivity index (χ4n) is 1.63. The molecule has 1 aliphatic heterocycles. The van der Waals surface area contributed by atoms with Gasteiger partial charge in [0.15, 0.2) is 9.84 Å². The van der Waals surface area contributed by atoms with Gasteiger partial charge in [0.25, 0.3) is 0 Å². The SMILES string of the molecule is CCSCCNCC1CCS(=O)(=O)C1. The highest BCUT2D eigenvalue weighted by Gasteiger charge is 2.27. The van der Waals surface area contributed by atoms with Crippen LogP contribution in [0.5, 0.6) is 0 Å². The third-order valence-electron chi connectivity index (χ3n) is 2.39. The van der Waals surface area contributed by atoms with Gasteiger partial charge in [-0.15, -0.1) is 0 Å². The van der Waals surface area contributed by atoms with Crippen molar-refractivity contribution in [2.75, 3.05) is 36.1 Å². The first-order valence-electron chi connectivity index (χ1n) is 5.13. The molecule has 1 saturated heterocycles. The molecule has 0 amide bonds. The second kappa shape index (κ2) is 5.98. The molecule has 1 heterocycles. The molecule has 1 rings (SSSR count). The fourth-order valence-corrected chi connectivity index (χ4v) is 4.07. The Balaban J connectivity index is 2.03. The molecule has 0 aromatic carbocycles. The van der Waals surface area contributed by atoms with Crippen LogP contribution in [0.2, 0.25) is 0 Å². The quantitative estimate of drug-likeness (QED) is 0.693. The van der Waals surface area contributed by atoms with E-state index in [1.807, 2.05) is 11.8 Å². The zero-order valence-corrected chi connectivity index (χ0v) is 10.3. The van der Waals surface area contributed by atoms with Gasteiger partial charge in [0.05, 0.1) is 11.5 Å². The Morgan fingerprint density at radius 1 is 1.50 bits per heavy atom. The number of sulfone groups is 1. The first-order chi connectivity index (χ1) is 6.64. The van der Waals surface area contributed by atoms with Crippen molar-refractivity contribution in [1.29, 1.82) is 0 Å². The number of hydrogen-bond acceptors (Lipinski definition) is 4. The van der Waals surface area contributed by atoms with Crippen molar-refractivity contribution in [2.24, 2.45) is 5.92 Å². The van der Waals surface area contributed by atoms with Crippen LogP contribution < -0.4 is 5.32 Å². The van der Waals surface area contributed by atoms with Crippen molar-refractivity contribution in [2.45, 2.75) is 13.3 Å². The highest BCUT2D eigenvalue weighted by atomic mass is 32.2. The first-order valence-corrected chi connectivity index (χ1v) is 8.10. The van der Waals surface area contributed by atoms with Crippen molar-refractivity contribution >= 4 is 21.6 Å². The zero-order valence-electron chi connectivity index (χ0n) is 8.66. The largest absolute Gasteiger partial charge is 0.316 e. The molecule has 0 spiro atoms. The van der Waals surface area contributed by atoms with Crippen LogP contribution in [0.25, 0.3) is 0 Å². The highest BCUT2D eigenvalue weighted by molar-refractivity contribution is 7.99. The zero-order chi connectivity index (χ0) is 10.4. The maximum absolute atomic E-state index is 11.1. The van der Waals surface area contributed by atoms with Crippen LogP contribution in [0.15, 0.2) is 0 Å². The highest BCUT2D eigenvalue weighted by Crippen LogP contribution is 2.17. The van der Waals surface area contributed by atoms with E-state index in [2.05, 4.69) is 12.2 Å². The van der Waals surface area contributed by atoms with Crippen LogP contribution >= 0.6 is 11.8 Å². The van der Waals surface area contributed by atoms with E-state index in [1.165, 1.54) is 0 Å². The molecule has 0 radical (unpaired) electrons. The molecule has 1 unspecified atom stereocenters. The van der Waals surface area contributed by atoms with Crippen molar-refractivity contribution in [1.82, 2.24) is 5.32 Å². The van der Waals surface area contributed by atoms with Gasteiger partial charge >= 0.3 is 0 Å². The van der Waals surface area contributed by atoms with E-state index in [-0.39, 0.29) is 0 Å². The molecule has 1 fully saturated rings. The van der Waals surface area contributed by atoms with Gasteiger partial charge in [0, 0.05) is 12.3 Å². The molecule has 0 aromatic rings. The summed E-state index contributed by atoms with van der Waals surface area (Å²) in [6.07, 6.45) is 0.844. The lowest BCUT2D eigenvalue weighted by Gasteiger charge is -2.08. The molecule has 0 aromatic heterocycles. The Morgan fingerprint density at radius 3 is 2.86 bits per heavy atom. The Morgan fingerprint density at radius 2 is 2.29 bits per heavy atom. The minimum atomic E-state index is -2.69. The Bertz CT molecular complexity index is 252. The monoisotopic (exact) mass is 237 g/mol. The van der Waals surface area contributed by atoms with Crippen LogP contribution in [-0.2, 0) is 9.84 Å². The minimum absolute atomic E-state index is 0.353. The maximum Gasteiger partial charge on any atom is 0.150 e.